The average Bonchev–Trinajstić information content (AvgIpc) is 2.74. The number of hydrogen-bond donors (Lipinski definition) is 1. The van der Waals surface area contributed by atoms with E-state index in [9.17, 15) is 0 Å². The summed E-state index contributed by atoms with van der Waals surface area (Å²) in [5.41, 5.74) is 4.12. The maximum absolute atomic E-state index is 5.95. The molecule has 28 heavy (non-hydrogen) atoms. The molecule has 0 saturated carbocycles. The number of anilines is 1. The summed E-state index contributed by atoms with van der Waals surface area (Å²) in [4.78, 5) is 9.34. The number of rotatable bonds is 6. The van der Waals surface area contributed by atoms with Gasteiger partial charge in [-0.15, -0.1) is 0 Å². The lowest BCUT2D eigenvalue weighted by atomic mass is 10.1. The van der Waals surface area contributed by atoms with Crippen LogP contribution in [0.4, 0.5) is 5.69 Å². The van der Waals surface area contributed by atoms with E-state index in [4.69, 9.17) is 9.47 Å². The zero-order chi connectivity index (χ0) is 19.8. The monoisotopic (exact) mass is 388 g/mol. The van der Waals surface area contributed by atoms with E-state index >= 15 is 0 Å². The predicted molar refractivity (Wildman–Crippen MR) is 115 cm³/mol. The van der Waals surface area contributed by atoms with Crippen LogP contribution in [-0.4, -0.2) is 76.6 Å². The smallest absolute Gasteiger partial charge is 0.193 e. The highest BCUT2D eigenvalue weighted by Crippen LogP contribution is 2.23. The van der Waals surface area contributed by atoms with Crippen molar-refractivity contribution in [3.05, 3.63) is 29.3 Å². The largest absolute Gasteiger partial charge is 0.381 e. The maximum atomic E-state index is 5.95. The molecule has 2 aliphatic heterocycles. The van der Waals surface area contributed by atoms with Crippen molar-refractivity contribution in [3.8, 4) is 0 Å². The molecule has 156 valence electrons. The highest BCUT2D eigenvalue weighted by atomic mass is 16.5. The topological polar surface area (TPSA) is 49.3 Å². The molecule has 0 aliphatic carbocycles. The van der Waals surface area contributed by atoms with E-state index in [1.54, 1.807) is 0 Å². The Labute approximate surface area is 169 Å². The van der Waals surface area contributed by atoms with Crippen molar-refractivity contribution in [2.75, 3.05) is 64.5 Å². The Morgan fingerprint density at radius 3 is 2.64 bits per heavy atom. The Kier molecular flexibility index (Phi) is 7.98. The van der Waals surface area contributed by atoms with Crippen LogP contribution >= 0.6 is 0 Å². The lowest BCUT2D eigenvalue weighted by Crippen LogP contribution is -2.52. The number of aliphatic imine (C=N–C) groups is 1. The number of nitrogens with zero attached hydrogens (tertiary/aromatic N) is 3. The molecule has 3 rings (SSSR count). The van der Waals surface area contributed by atoms with Gasteiger partial charge >= 0.3 is 0 Å². The molecular weight excluding hydrogens is 352 g/mol. The number of guanidine groups is 1. The van der Waals surface area contributed by atoms with E-state index in [1.807, 2.05) is 7.05 Å². The third kappa shape index (κ3) is 5.61. The summed E-state index contributed by atoms with van der Waals surface area (Å²) in [6, 6.07) is 6.59. The zero-order valence-corrected chi connectivity index (χ0v) is 17.7. The minimum absolute atomic E-state index is 0.381. The van der Waals surface area contributed by atoms with Crippen molar-refractivity contribution in [1.29, 1.82) is 0 Å². The zero-order valence-electron chi connectivity index (χ0n) is 17.7. The number of hydrogen-bond acceptors (Lipinski definition) is 4. The molecule has 1 aromatic carbocycles. The van der Waals surface area contributed by atoms with Gasteiger partial charge in [-0.1, -0.05) is 12.1 Å². The third-order valence-electron chi connectivity index (χ3n) is 5.83. The highest BCUT2D eigenvalue weighted by Gasteiger charge is 2.21. The summed E-state index contributed by atoms with van der Waals surface area (Å²) < 4.78 is 11.3. The normalized spacial score (nSPS) is 19.2. The summed E-state index contributed by atoms with van der Waals surface area (Å²) in [5, 5.41) is 3.50. The summed E-state index contributed by atoms with van der Waals surface area (Å²) in [6.45, 7) is 11.8. The maximum Gasteiger partial charge on any atom is 0.193 e. The van der Waals surface area contributed by atoms with Crippen LogP contribution in [0.15, 0.2) is 23.2 Å². The standard InChI is InChI=1S/C22H36N4O2/c1-18-6-4-7-21(19(18)2)25-11-13-26(14-12-25)22(23-3)24-10-5-15-28-20-8-16-27-17-9-20/h4,6-7,20H,5,8-17H2,1-3H3,(H,23,24). The van der Waals surface area contributed by atoms with Gasteiger partial charge < -0.3 is 24.6 Å². The second-order valence-corrected chi connectivity index (χ2v) is 7.70. The molecule has 2 fully saturated rings. The Morgan fingerprint density at radius 1 is 1.18 bits per heavy atom. The lowest BCUT2D eigenvalue weighted by molar-refractivity contribution is -0.0320. The Balaban J connectivity index is 1.38. The summed E-state index contributed by atoms with van der Waals surface area (Å²) in [7, 11) is 1.87. The van der Waals surface area contributed by atoms with Gasteiger partial charge in [-0.3, -0.25) is 4.99 Å². The quantitative estimate of drug-likeness (QED) is 0.461. The van der Waals surface area contributed by atoms with E-state index in [2.05, 4.69) is 52.2 Å². The van der Waals surface area contributed by atoms with Gasteiger partial charge in [-0.25, -0.2) is 0 Å². The van der Waals surface area contributed by atoms with Crippen LogP contribution in [0.3, 0.4) is 0 Å². The molecule has 0 radical (unpaired) electrons. The molecule has 1 aromatic rings. The Hall–Kier alpha value is -1.79. The van der Waals surface area contributed by atoms with E-state index in [0.29, 0.717) is 6.10 Å². The molecule has 0 aromatic heterocycles. The minimum Gasteiger partial charge on any atom is -0.381 e. The molecule has 2 aliphatic rings. The highest BCUT2D eigenvalue weighted by molar-refractivity contribution is 5.80. The van der Waals surface area contributed by atoms with Gasteiger partial charge in [0.25, 0.3) is 0 Å². The van der Waals surface area contributed by atoms with Crippen LogP contribution in [0.25, 0.3) is 0 Å². The van der Waals surface area contributed by atoms with Crippen LogP contribution in [0.1, 0.15) is 30.4 Å². The first-order valence-electron chi connectivity index (χ1n) is 10.6. The first kappa shape index (κ1) is 20.9. The molecule has 0 spiro atoms. The van der Waals surface area contributed by atoms with Gasteiger partial charge in [0.1, 0.15) is 0 Å². The molecule has 6 nitrogen and oxygen atoms in total. The third-order valence-corrected chi connectivity index (χ3v) is 5.83. The van der Waals surface area contributed by atoms with Crippen molar-refractivity contribution >= 4 is 11.6 Å². The summed E-state index contributed by atoms with van der Waals surface area (Å²) in [5.74, 6) is 1.01. The van der Waals surface area contributed by atoms with Gasteiger partial charge in [0.2, 0.25) is 0 Å². The van der Waals surface area contributed by atoms with E-state index in [0.717, 1.165) is 77.8 Å². The lowest BCUT2D eigenvalue weighted by Gasteiger charge is -2.38. The molecule has 1 N–H and O–H groups in total. The van der Waals surface area contributed by atoms with Gasteiger partial charge in [0.15, 0.2) is 5.96 Å². The molecule has 2 heterocycles. The van der Waals surface area contributed by atoms with Crippen LogP contribution in [0.5, 0.6) is 0 Å². The second kappa shape index (κ2) is 10.7. The van der Waals surface area contributed by atoms with E-state index < -0.39 is 0 Å². The van der Waals surface area contributed by atoms with Gasteiger partial charge in [0.05, 0.1) is 6.10 Å². The van der Waals surface area contributed by atoms with Crippen molar-refractivity contribution < 1.29 is 9.47 Å². The Bertz CT molecular complexity index is 635. The molecule has 0 unspecified atom stereocenters. The van der Waals surface area contributed by atoms with Crippen molar-refractivity contribution in [1.82, 2.24) is 10.2 Å². The fourth-order valence-corrected chi connectivity index (χ4v) is 3.93. The molecular formula is C22H36N4O2. The van der Waals surface area contributed by atoms with Crippen LogP contribution in [0.2, 0.25) is 0 Å². The van der Waals surface area contributed by atoms with E-state index in [1.165, 1.54) is 16.8 Å². The number of ether oxygens (including phenoxy) is 2. The summed E-state index contributed by atoms with van der Waals surface area (Å²) in [6.07, 6.45) is 3.43. The van der Waals surface area contributed by atoms with Crippen LogP contribution in [-0.2, 0) is 9.47 Å². The van der Waals surface area contributed by atoms with Crippen LogP contribution in [0, 0.1) is 13.8 Å². The second-order valence-electron chi connectivity index (χ2n) is 7.70. The predicted octanol–water partition coefficient (Wildman–Crippen LogP) is 2.59. The molecule has 0 bridgehead atoms. The minimum atomic E-state index is 0.381. The van der Waals surface area contributed by atoms with Gasteiger partial charge in [-0.05, 0) is 50.3 Å². The molecule has 0 atom stereocenters. The van der Waals surface area contributed by atoms with Crippen molar-refractivity contribution in [2.45, 2.75) is 39.2 Å². The van der Waals surface area contributed by atoms with Gasteiger partial charge in [0, 0.05) is 65.3 Å². The van der Waals surface area contributed by atoms with Crippen molar-refractivity contribution in [2.24, 2.45) is 4.99 Å². The molecule has 6 heteroatoms. The molecule has 0 amide bonds. The fraction of sp³-hybridized carbons (Fsp3) is 0.682. The SMILES string of the molecule is CN=C(NCCCOC1CCOCC1)N1CCN(c2cccc(C)c2C)CC1. The number of nitrogens with one attached hydrogen (secondary N) is 1. The first-order valence-corrected chi connectivity index (χ1v) is 10.6. The van der Waals surface area contributed by atoms with E-state index in [-0.39, 0.29) is 0 Å². The first-order chi connectivity index (χ1) is 13.7. The summed E-state index contributed by atoms with van der Waals surface area (Å²) >= 11 is 0. The Morgan fingerprint density at radius 2 is 1.93 bits per heavy atom. The average molecular weight is 389 g/mol. The van der Waals surface area contributed by atoms with Crippen LogP contribution < -0.4 is 10.2 Å². The number of benzene rings is 1. The van der Waals surface area contributed by atoms with Gasteiger partial charge in [-0.2, -0.15) is 0 Å². The molecule has 2 saturated heterocycles. The number of piperazine rings is 1. The number of aryl methyl sites for hydroxylation is 1. The fourth-order valence-electron chi connectivity index (χ4n) is 3.93. The van der Waals surface area contributed by atoms with Crippen molar-refractivity contribution in [3.63, 3.8) is 0 Å².